The highest BCUT2D eigenvalue weighted by molar-refractivity contribution is 7.17. The van der Waals surface area contributed by atoms with Crippen molar-refractivity contribution in [3.63, 3.8) is 0 Å². The van der Waals surface area contributed by atoms with Crippen LogP contribution < -0.4 is 5.73 Å². The fourth-order valence-corrected chi connectivity index (χ4v) is 3.03. The molecule has 19 heavy (non-hydrogen) atoms. The second-order valence-electron chi connectivity index (χ2n) is 4.22. The number of benzene rings is 1. The smallest absolute Gasteiger partial charge is 0.0809 e. The van der Waals surface area contributed by atoms with Crippen molar-refractivity contribution in [2.45, 2.75) is 6.04 Å². The Morgan fingerprint density at radius 2 is 1.89 bits per heavy atom. The summed E-state index contributed by atoms with van der Waals surface area (Å²) in [6.45, 7) is 0. The molecule has 5 heteroatoms. The lowest BCUT2D eigenvalue weighted by Gasteiger charge is -2.13. The minimum atomic E-state index is -0.256. The fraction of sp³-hybridized carbons (Fsp3) is 0.0714. The Hall–Kier alpha value is -1.13. The van der Waals surface area contributed by atoms with Crippen LogP contribution in [0.3, 0.4) is 0 Å². The maximum atomic E-state index is 6.26. The molecule has 1 aromatic carbocycles. The largest absolute Gasteiger partial charge is 0.320 e. The molecule has 2 nitrogen and oxygen atoms in total. The van der Waals surface area contributed by atoms with Gasteiger partial charge in [-0.05, 0) is 40.8 Å². The molecule has 0 saturated carbocycles. The molecule has 2 aromatic heterocycles. The van der Waals surface area contributed by atoms with E-state index in [1.165, 1.54) is 0 Å². The number of rotatable bonds is 2. The van der Waals surface area contributed by atoms with Crippen molar-refractivity contribution in [1.82, 2.24) is 4.98 Å². The number of hydrogen-bond donors (Lipinski definition) is 1. The van der Waals surface area contributed by atoms with E-state index < -0.39 is 0 Å². The third-order valence-electron chi connectivity index (χ3n) is 2.99. The molecule has 0 fully saturated rings. The summed E-state index contributed by atoms with van der Waals surface area (Å²) in [5, 5.41) is 3.07. The van der Waals surface area contributed by atoms with E-state index in [4.69, 9.17) is 28.9 Å². The number of hydrogen-bond acceptors (Lipinski definition) is 3. The molecule has 0 aliphatic carbocycles. The molecule has 96 valence electrons. The van der Waals surface area contributed by atoms with Gasteiger partial charge in [-0.3, -0.25) is 4.98 Å². The summed E-state index contributed by atoms with van der Waals surface area (Å²) in [7, 11) is 0. The summed E-state index contributed by atoms with van der Waals surface area (Å²) >= 11 is 13.6. The van der Waals surface area contributed by atoms with E-state index in [0.717, 1.165) is 21.3 Å². The molecule has 0 amide bonds. The van der Waals surface area contributed by atoms with Gasteiger partial charge in [0.15, 0.2) is 0 Å². The number of aromatic nitrogens is 1. The van der Waals surface area contributed by atoms with Gasteiger partial charge >= 0.3 is 0 Å². The fourth-order valence-electron chi connectivity index (χ4n) is 1.93. The second kappa shape index (κ2) is 5.10. The number of halogens is 2. The van der Waals surface area contributed by atoms with Gasteiger partial charge < -0.3 is 5.73 Å². The van der Waals surface area contributed by atoms with Crippen molar-refractivity contribution < 1.29 is 0 Å². The molecule has 2 heterocycles. The second-order valence-corrected chi connectivity index (χ2v) is 5.99. The molecule has 3 aromatic rings. The van der Waals surface area contributed by atoms with Crippen molar-refractivity contribution in [2.24, 2.45) is 5.73 Å². The molecule has 0 bridgehead atoms. The Morgan fingerprint density at radius 1 is 1.05 bits per heavy atom. The van der Waals surface area contributed by atoms with E-state index >= 15 is 0 Å². The highest BCUT2D eigenvalue weighted by atomic mass is 35.5. The first-order chi connectivity index (χ1) is 9.15. The van der Waals surface area contributed by atoms with Crippen LogP contribution in [-0.2, 0) is 0 Å². The molecule has 0 spiro atoms. The van der Waals surface area contributed by atoms with Crippen LogP contribution in [0.4, 0.5) is 0 Å². The van der Waals surface area contributed by atoms with Gasteiger partial charge in [0.1, 0.15) is 0 Å². The molecule has 2 N–H and O–H groups in total. The SMILES string of the molecule is NC(c1ccc(Cl)c(Cl)c1)c1cnc2ccsc2c1. The summed E-state index contributed by atoms with van der Waals surface area (Å²) in [6.07, 6.45) is 1.81. The van der Waals surface area contributed by atoms with E-state index in [2.05, 4.69) is 11.1 Å². The van der Waals surface area contributed by atoms with Gasteiger partial charge in [0.2, 0.25) is 0 Å². The number of fused-ring (bicyclic) bond motifs is 1. The molecule has 1 unspecified atom stereocenters. The lowest BCUT2D eigenvalue weighted by atomic mass is 10.0. The monoisotopic (exact) mass is 308 g/mol. The number of pyridine rings is 1. The Bertz CT molecular complexity index is 739. The van der Waals surface area contributed by atoms with Crippen molar-refractivity contribution in [2.75, 3.05) is 0 Å². The zero-order chi connectivity index (χ0) is 13.4. The summed E-state index contributed by atoms with van der Waals surface area (Å²) < 4.78 is 1.13. The lowest BCUT2D eigenvalue weighted by molar-refractivity contribution is 0.867. The first-order valence-corrected chi connectivity index (χ1v) is 7.32. The van der Waals surface area contributed by atoms with E-state index in [-0.39, 0.29) is 6.04 Å². The molecular formula is C14H10Cl2N2S. The molecular weight excluding hydrogens is 299 g/mol. The maximum absolute atomic E-state index is 6.26. The van der Waals surface area contributed by atoms with Crippen LogP contribution >= 0.6 is 34.5 Å². The topological polar surface area (TPSA) is 38.9 Å². The average Bonchev–Trinajstić information content (AvgIpc) is 2.88. The average molecular weight is 309 g/mol. The summed E-state index contributed by atoms with van der Waals surface area (Å²) in [5.41, 5.74) is 9.14. The number of thiophene rings is 1. The molecule has 0 aliphatic rings. The summed E-state index contributed by atoms with van der Waals surface area (Å²) in [5.74, 6) is 0. The van der Waals surface area contributed by atoms with Gasteiger partial charge in [-0.2, -0.15) is 0 Å². The van der Waals surface area contributed by atoms with Crippen molar-refractivity contribution >= 4 is 44.8 Å². The van der Waals surface area contributed by atoms with Crippen LogP contribution in [0, 0.1) is 0 Å². The van der Waals surface area contributed by atoms with Gasteiger partial charge in [-0.1, -0.05) is 29.3 Å². The normalized spacial score (nSPS) is 12.8. The summed E-state index contributed by atoms with van der Waals surface area (Å²) in [4.78, 5) is 4.40. The van der Waals surface area contributed by atoms with Gasteiger partial charge in [0, 0.05) is 6.20 Å². The van der Waals surface area contributed by atoms with Gasteiger partial charge in [0.25, 0.3) is 0 Å². The van der Waals surface area contributed by atoms with Crippen LogP contribution in [0.15, 0.2) is 41.9 Å². The predicted octanol–water partition coefficient (Wildman–Crippen LogP) is 4.65. The van der Waals surface area contributed by atoms with E-state index in [9.17, 15) is 0 Å². The Labute approximate surface area is 124 Å². The van der Waals surface area contributed by atoms with E-state index in [1.54, 1.807) is 23.5 Å². The van der Waals surface area contributed by atoms with Crippen LogP contribution in [0.25, 0.3) is 10.2 Å². The van der Waals surface area contributed by atoms with Crippen molar-refractivity contribution in [3.05, 3.63) is 63.1 Å². The number of nitrogens with zero attached hydrogens (tertiary/aromatic N) is 1. The first-order valence-electron chi connectivity index (χ1n) is 5.69. The van der Waals surface area contributed by atoms with Crippen LogP contribution in [-0.4, -0.2) is 4.98 Å². The van der Waals surface area contributed by atoms with Gasteiger partial charge in [-0.25, -0.2) is 0 Å². The highest BCUT2D eigenvalue weighted by Gasteiger charge is 2.12. The third kappa shape index (κ3) is 2.47. The Kier molecular flexibility index (Phi) is 3.46. The van der Waals surface area contributed by atoms with Gasteiger partial charge in [-0.15, -0.1) is 11.3 Å². The molecule has 0 aliphatic heterocycles. The molecule has 0 radical (unpaired) electrons. The zero-order valence-electron chi connectivity index (χ0n) is 9.81. The molecule has 0 saturated heterocycles. The number of nitrogens with two attached hydrogens (primary N) is 1. The lowest BCUT2D eigenvalue weighted by Crippen LogP contribution is -2.12. The van der Waals surface area contributed by atoms with Crippen LogP contribution in [0.1, 0.15) is 17.2 Å². The zero-order valence-corrected chi connectivity index (χ0v) is 12.1. The van der Waals surface area contributed by atoms with Crippen LogP contribution in [0.5, 0.6) is 0 Å². The van der Waals surface area contributed by atoms with Crippen molar-refractivity contribution in [3.8, 4) is 0 Å². The Morgan fingerprint density at radius 3 is 2.68 bits per heavy atom. The maximum Gasteiger partial charge on any atom is 0.0809 e. The van der Waals surface area contributed by atoms with Crippen LogP contribution in [0.2, 0.25) is 10.0 Å². The predicted molar refractivity (Wildman–Crippen MR) is 82.1 cm³/mol. The van der Waals surface area contributed by atoms with Gasteiger partial charge in [0.05, 0.1) is 26.3 Å². The molecule has 3 rings (SSSR count). The standard InChI is InChI=1S/C14H10Cl2N2S/c15-10-2-1-8(5-11(10)16)14(17)9-6-13-12(18-7-9)3-4-19-13/h1-7,14H,17H2. The minimum Gasteiger partial charge on any atom is -0.320 e. The van der Waals surface area contributed by atoms with E-state index in [0.29, 0.717) is 10.0 Å². The highest BCUT2D eigenvalue weighted by Crippen LogP contribution is 2.29. The third-order valence-corrected chi connectivity index (χ3v) is 4.58. The minimum absolute atomic E-state index is 0.256. The Balaban J connectivity index is 2.01. The van der Waals surface area contributed by atoms with Crippen molar-refractivity contribution in [1.29, 1.82) is 0 Å². The summed E-state index contributed by atoms with van der Waals surface area (Å²) in [6, 6.07) is 9.25. The quantitative estimate of drug-likeness (QED) is 0.748. The molecule has 1 atom stereocenters. The first kappa shape index (κ1) is 12.9. The van der Waals surface area contributed by atoms with E-state index in [1.807, 2.05) is 23.7 Å².